The van der Waals surface area contributed by atoms with E-state index in [1.54, 1.807) is 12.3 Å². The molecule has 1 aliphatic heterocycles. The van der Waals surface area contributed by atoms with Gasteiger partial charge in [0.25, 0.3) is 11.5 Å². The predicted octanol–water partition coefficient (Wildman–Crippen LogP) is 2.60. The summed E-state index contributed by atoms with van der Waals surface area (Å²) in [6, 6.07) is 8.98. The lowest BCUT2D eigenvalue weighted by Crippen LogP contribution is -2.38. The smallest absolute Gasteiger partial charge is 0.255 e. The number of hydrogen-bond acceptors (Lipinski definition) is 2. The molecule has 2 fully saturated rings. The summed E-state index contributed by atoms with van der Waals surface area (Å²) in [5, 5.41) is 0. The van der Waals surface area contributed by atoms with Gasteiger partial charge in [0.1, 0.15) is 5.82 Å². The molecule has 2 aromatic rings. The van der Waals surface area contributed by atoms with Crippen LogP contribution >= 0.6 is 0 Å². The van der Waals surface area contributed by atoms with Gasteiger partial charge in [-0.3, -0.25) is 14.2 Å². The number of nitrogens with zero attached hydrogens (tertiary/aromatic N) is 2. The van der Waals surface area contributed by atoms with E-state index in [1.807, 2.05) is 4.90 Å². The van der Waals surface area contributed by atoms with Crippen molar-refractivity contribution in [2.75, 3.05) is 6.54 Å². The fourth-order valence-corrected chi connectivity index (χ4v) is 3.76. The molecule has 2 bridgehead atoms. The Kier molecular flexibility index (Phi) is 3.29. The van der Waals surface area contributed by atoms with Crippen molar-refractivity contribution in [3.63, 3.8) is 0 Å². The molecule has 1 saturated carbocycles. The fraction of sp³-hybridized carbons (Fsp3) is 0.333. The molecule has 1 amide bonds. The van der Waals surface area contributed by atoms with Crippen molar-refractivity contribution >= 4 is 5.91 Å². The third-order valence-electron chi connectivity index (χ3n) is 4.93. The molecule has 1 aromatic heterocycles. The highest BCUT2D eigenvalue weighted by atomic mass is 19.1. The molecule has 0 radical (unpaired) electrons. The number of pyridine rings is 1. The number of halogens is 1. The molecule has 4 rings (SSSR count). The largest absolute Gasteiger partial charge is 0.335 e. The van der Waals surface area contributed by atoms with E-state index in [9.17, 15) is 14.0 Å². The van der Waals surface area contributed by atoms with E-state index in [0.717, 1.165) is 19.4 Å². The number of carbonyl (C=O) groups excluding carboxylic acids is 1. The maximum Gasteiger partial charge on any atom is 0.255 e. The maximum atomic E-state index is 13.1. The number of fused-ring (bicyclic) bond motifs is 2. The Morgan fingerprint density at radius 2 is 1.87 bits per heavy atom. The zero-order chi connectivity index (χ0) is 16.0. The molecule has 1 saturated heterocycles. The second kappa shape index (κ2) is 5.33. The highest BCUT2D eigenvalue weighted by Crippen LogP contribution is 2.38. The molecular formula is C18H17FN2O2. The van der Waals surface area contributed by atoms with Crippen LogP contribution in [-0.2, 0) is 0 Å². The van der Waals surface area contributed by atoms with Crippen LogP contribution in [-0.4, -0.2) is 28.0 Å². The maximum absolute atomic E-state index is 13.1. The number of benzene rings is 1. The number of amides is 1. The summed E-state index contributed by atoms with van der Waals surface area (Å²) >= 11 is 0. The Balaban J connectivity index is 1.68. The van der Waals surface area contributed by atoms with E-state index < -0.39 is 0 Å². The topological polar surface area (TPSA) is 42.3 Å². The van der Waals surface area contributed by atoms with E-state index >= 15 is 0 Å². The van der Waals surface area contributed by atoms with Crippen molar-refractivity contribution in [2.24, 2.45) is 5.92 Å². The second-order valence-corrected chi connectivity index (χ2v) is 6.39. The summed E-state index contributed by atoms with van der Waals surface area (Å²) in [5.74, 6) is 0.252. The highest BCUT2D eigenvalue weighted by Gasteiger charge is 2.40. The van der Waals surface area contributed by atoms with Gasteiger partial charge < -0.3 is 4.90 Å². The monoisotopic (exact) mass is 312 g/mol. The number of aromatic nitrogens is 1. The molecule has 23 heavy (non-hydrogen) atoms. The third kappa shape index (κ3) is 2.46. The summed E-state index contributed by atoms with van der Waals surface area (Å²) in [6.45, 7) is 0.819. The van der Waals surface area contributed by atoms with Crippen LogP contribution in [0.5, 0.6) is 0 Å². The first-order valence-electron chi connectivity index (χ1n) is 7.91. The van der Waals surface area contributed by atoms with Crippen molar-refractivity contribution in [1.82, 2.24) is 9.47 Å². The second-order valence-electron chi connectivity index (χ2n) is 6.39. The molecule has 1 aromatic carbocycles. The lowest BCUT2D eigenvalue weighted by atomic mass is 10.1. The van der Waals surface area contributed by atoms with Gasteiger partial charge in [0.2, 0.25) is 0 Å². The highest BCUT2D eigenvalue weighted by molar-refractivity contribution is 5.94. The predicted molar refractivity (Wildman–Crippen MR) is 84.2 cm³/mol. The Labute approximate surface area is 133 Å². The van der Waals surface area contributed by atoms with Crippen LogP contribution in [0.2, 0.25) is 0 Å². The molecule has 0 spiro atoms. The molecule has 1 aliphatic carbocycles. The van der Waals surface area contributed by atoms with Crippen molar-refractivity contribution in [3.8, 4) is 5.69 Å². The zero-order valence-corrected chi connectivity index (χ0v) is 12.6. The van der Waals surface area contributed by atoms with Crippen LogP contribution in [0.1, 0.15) is 29.6 Å². The first kappa shape index (κ1) is 14.2. The first-order valence-corrected chi connectivity index (χ1v) is 7.91. The number of likely N-dealkylation sites (tertiary alicyclic amines) is 1. The molecule has 4 nitrogen and oxygen atoms in total. The molecule has 0 unspecified atom stereocenters. The van der Waals surface area contributed by atoms with Gasteiger partial charge in [-0.15, -0.1) is 0 Å². The van der Waals surface area contributed by atoms with Crippen molar-refractivity contribution in [1.29, 1.82) is 0 Å². The molecule has 2 aliphatic rings. The summed E-state index contributed by atoms with van der Waals surface area (Å²) in [5.41, 5.74) is 0.812. The summed E-state index contributed by atoms with van der Waals surface area (Å²) < 4.78 is 14.4. The zero-order valence-electron chi connectivity index (χ0n) is 12.6. The van der Waals surface area contributed by atoms with E-state index in [1.165, 1.54) is 41.3 Å². The van der Waals surface area contributed by atoms with Gasteiger partial charge in [0, 0.05) is 30.5 Å². The van der Waals surface area contributed by atoms with Crippen LogP contribution in [0, 0.1) is 11.7 Å². The van der Waals surface area contributed by atoms with Crippen LogP contribution in [0.15, 0.2) is 47.4 Å². The average Bonchev–Trinajstić information content (AvgIpc) is 3.19. The molecule has 0 N–H and O–H groups in total. The Morgan fingerprint density at radius 3 is 2.52 bits per heavy atom. The first-order chi connectivity index (χ1) is 11.1. The quantitative estimate of drug-likeness (QED) is 0.855. The minimum absolute atomic E-state index is 0.0203. The van der Waals surface area contributed by atoms with Crippen LogP contribution < -0.4 is 5.56 Å². The normalized spacial score (nSPS) is 22.6. The van der Waals surface area contributed by atoms with E-state index in [0.29, 0.717) is 23.2 Å². The van der Waals surface area contributed by atoms with Crippen molar-refractivity contribution in [2.45, 2.75) is 25.3 Å². The van der Waals surface area contributed by atoms with Gasteiger partial charge in [-0.05, 0) is 55.5 Å². The third-order valence-corrected chi connectivity index (χ3v) is 4.93. The van der Waals surface area contributed by atoms with Crippen LogP contribution in [0.4, 0.5) is 4.39 Å². The van der Waals surface area contributed by atoms with Gasteiger partial charge in [-0.25, -0.2) is 4.39 Å². The van der Waals surface area contributed by atoms with Crippen molar-refractivity contribution < 1.29 is 9.18 Å². The molecular weight excluding hydrogens is 295 g/mol. The summed E-state index contributed by atoms with van der Waals surface area (Å²) in [7, 11) is 0. The van der Waals surface area contributed by atoms with E-state index in [4.69, 9.17) is 0 Å². The molecule has 2 heterocycles. The molecule has 2 atom stereocenters. The van der Waals surface area contributed by atoms with Gasteiger partial charge in [-0.2, -0.15) is 0 Å². The van der Waals surface area contributed by atoms with Crippen molar-refractivity contribution in [3.05, 3.63) is 64.3 Å². The van der Waals surface area contributed by atoms with Gasteiger partial charge in [-0.1, -0.05) is 0 Å². The Hall–Kier alpha value is -2.43. The number of hydrogen-bond donors (Lipinski definition) is 0. The minimum Gasteiger partial charge on any atom is -0.335 e. The Bertz CT molecular complexity index is 813. The van der Waals surface area contributed by atoms with Gasteiger partial charge in [0.05, 0.1) is 5.56 Å². The van der Waals surface area contributed by atoms with Gasteiger partial charge >= 0.3 is 0 Å². The molecule has 5 heteroatoms. The number of rotatable bonds is 2. The average molecular weight is 312 g/mol. The van der Waals surface area contributed by atoms with Gasteiger partial charge in [0.15, 0.2) is 0 Å². The van der Waals surface area contributed by atoms with E-state index in [-0.39, 0.29) is 17.3 Å². The number of piperidine rings is 1. The Morgan fingerprint density at radius 1 is 1.09 bits per heavy atom. The van der Waals surface area contributed by atoms with E-state index in [2.05, 4.69) is 0 Å². The summed E-state index contributed by atoms with van der Waals surface area (Å²) in [6.07, 6.45) is 4.95. The lowest BCUT2D eigenvalue weighted by Gasteiger charge is -2.27. The van der Waals surface area contributed by atoms with Crippen LogP contribution in [0.3, 0.4) is 0 Å². The minimum atomic E-state index is -0.359. The lowest BCUT2D eigenvalue weighted by molar-refractivity contribution is 0.0703. The number of carbonyl (C=O) groups is 1. The van der Waals surface area contributed by atoms with Crippen LogP contribution in [0.25, 0.3) is 5.69 Å². The molecule has 118 valence electrons. The SMILES string of the molecule is O=C(c1ccc(=O)n(-c2ccc(F)cc2)c1)N1C[C@H]2CC[C@H]1C2. The standard InChI is InChI=1S/C18H17FN2O2/c19-14-3-6-15(7-4-14)20-11-13(2-8-17(20)22)18(23)21-10-12-1-5-16(21)9-12/h2-4,6-8,11-12,16H,1,5,9-10H2/t12-,16-/m0/s1. The summed E-state index contributed by atoms with van der Waals surface area (Å²) in [4.78, 5) is 26.7. The fourth-order valence-electron chi connectivity index (χ4n) is 3.76.